The number of rotatable bonds is 5. The number of para-hydroxylation sites is 1. The predicted octanol–water partition coefficient (Wildman–Crippen LogP) is 4.53. The van der Waals surface area contributed by atoms with Crippen LogP contribution < -0.4 is 5.41 Å². The summed E-state index contributed by atoms with van der Waals surface area (Å²) in [5.41, 5.74) is 3.59. The first-order valence-electron chi connectivity index (χ1n) is 9.27. The largest absolute Gasteiger partial charge is 0.493 e. The number of azo groups is 1. The number of benzene rings is 3. The summed E-state index contributed by atoms with van der Waals surface area (Å²) >= 11 is 1.42. The van der Waals surface area contributed by atoms with E-state index in [0.29, 0.717) is 23.2 Å². The first-order valence-corrected chi connectivity index (χ1v) is 10.3. The van der Waals surface area contributed by atoms with E-state index in [1.54, 1.807) is 0 Å². The second-order valence-electron chi connectivity index (χ2n) is 6.57. The molecule has 0 amide bonds. The van der Waals surface area contributed by atoms with Gasteiger partial charge in [0.15, 0.2) is 5.69 Å². The van der Waals surface area contributed by atoms with E-state index in [2.05, 4.69) is 10.2 Å². The number of nitrogens with two attached hydrogens (primary N) is 1. The van der Waals surface area contributed by atoms with Gasteiger partial charge in [-0.15, -0.1) is 0 Å². The van der Waals surface area contributed by atoms with Crippen LogP contribution in [0.2, 0.25) is 0 Å². The molecule has 0 aliphatic rings. The Bertz CT molecular complexity index is 1150. The summed E-state index contributed by atoms with van der Waals surface area (Å²) in [6, 6.07) is 27.8. The van der Waals surface area contributed by atoms with E-state index in [0.717, 1.165) is 22.0 Å². The molecule has 3 aromatic carbocycles. The smallest absolute Gasteiger partial charge is 0.377 e. The van der Waals surface area contributed by atoms with Gasteiger partial charge in [-0.05, 0) is 34.1 Å². The van der Waals surface area contributed by atoms with Gasteiger partial charge in [-0.3, -0.25) is 5.41 Å². The van der Waals surface area contributed by atoms with Gasteiger partial charge < -0.3 is 9.67 Å². The van der Waals surface area contributed by atoms with Gasteiger partial charge in [0.1, 0.15) is 0 Å². The number of thioether (sulfide) groups is 1. The number of fused-ring (bicyclic) bond motifs is 1. The van der Waals surface area contributed by atoms with Crippen molar-refractivity contribution in [1.29, 1.82) is 0 Å². The summed E-state index contributed by atoms with van der Waals surface area (Å²) in [4.78, 5) is 0. The second kappa shape index (κ2) is 8.75. The van der Waals surface area contributed by atoms with Gasteiger partial charge in [0.2, 0.25) is 5.88 Å². The minimum absolute atomic E-state index is 0.0830. The second-order valence-corrected chi connectivity index (χ2v) is 7.57. The fourth-order valence-electron chi connectivity index (χ4n) is 3.16. The predicted molar refractivity (Wildman–Crippen MR) is 118 cm³/mol. The Kier molecular flexibility index (Phi) is 5.72. The molecule has 0 saturated carbocycles. The Morgan fingerprint density at radius 1 is 0.862 bits per heavy atom. The van der Waals surface area contributed by atoms with Gasteiger partial charge >= 0.3 is 5.17 Å². The Morgan fingerprint density at radius 2 is 1.48 bits per heavy atom. The molecule has 0 atom stereocenters. The van der Waals surface area contributed by atoms with E-state index in [4.69, 9.17) is 5.41 Å². The topological polar surface area (TPSA) is 75.5 Å². The van der Waals surface area contributed by atoms with Gasteiger partial charge in [0, 0.05) is 11.1 Å². The molecule has 4 rings (SSSR count). The van der Waals surface area contributed by atoms with Crippen molar-refractivity contribution >= 4 is 33.5 Å². The fourth-order valence-corrected chi connectivity index (χ4v) is 3.76. The van der Waals surface area contributed by atoms with Crippen LogP contribution in [0, 0.1) is 0 Å². The average molecular weight is 402 g/mol. The first kappa shape index (κ1) is 19.0. The van der Waals surface area contributed by atoms with E-state index in [1.807, 2.05) is 89.5 Å². The standard InChI is InChI=1S/C23H20N4OS/c24-23(29-16-18-11-5-2-6-12-18)26-25-21-19-13-7-8-14-20(19)27(22(21)28)15-17-9-3-1-4-10-17/h1-14,24,28H,15-16H2/p+1. The molecule has 0 spiro atoms. The molecular formula is C23H21N4OS+. The highest BCUT2D eigenvalue weighted by Gasteiger charge is 2.18. The monoisotopic (exact) mass is 401 g/mol. The molecule has 29 heavy (non-hydrogen) atoms. The molecule has 0 unspecified atom stereocenters. The molecule has 0 bridgehead atoms. The van der Waals surface area contributed by atoms with Crippen molar-refractivity contribution in [2.75, 3.05) is 0 Å². The van der Waals surface area contributed by atoms with Gasteiger partial charge in [0.25, 0.3) is 0 Å². The van der Waals surface area contributed by atoms with E-state index in [-0.39, 0.29) is 5.88 Å². The zero-order valence-electron chi connectivity index (χ0n) is 15.8. The molecule has 1 heterocycles. The summed E-state index contributed by atoms with van der Waals surface area (Å²) in [7, 11) is 0. The molecule has 144 valence electrons. The Hall–Kier alpha value is -3.38. The van der Waals surface area contributed by atoms with E-state index in [9.17, 15) is 5.11 Å². The molecule has 0 aliphatic heterocycles. The third-order valence-electron chi connectivity index (χ3n) is 4.58. The molecule has 4 aromatic rings. The number of hydrogen-bond acceptors (Lipinski definition) is 3. The molecular weight excluding hydrogens is 380 g/mol. The van der Waals surface area contributed by atoms with Crippen molar-refractivity contribution in [3.05, 3.63) is 96.1 Å². The van der Waals surface area contributed by atoms with Gasteiger partial charge in [-0.1, -0.05) is 78.9 Å². The Morgan fingerprint density at radius 3 is 2.21 bits per heavy atom. The van der Waals surface area contributed by atoms with Crippen LogP contribution in [-0.4, -0.2) is 14.8 Å². The lowest BCUT2D eigenvalue weighted by molar-refractivity contribution is -0.110. The van der Waals surface area contributed by atoms with Crippen molar-refractivity contribution in [2.24, 2.45) is 10.2 Å². The fraction of sp³-hybridized carbons (Fsp3) is 0.0870. The number of aromatic nitrogens is 1. The van der Waals surface area contributed by atoms with Crippen LogP contribution in [0.3, 0.4) is 0 Å². The lowest BCUT2D eigenvalue weighted by Crippen LogP contribution is -2.36. The minimum atomic E-state index is 0.0830. The lowest BCUT2D eigenvalue weighted by Gasteiger charge is -2.06. The maximum atomic E-state index is 10.8. The van der Waals surface area contributed by atoms with E-state index >= 15 is 0 Å². The van der Waals surface area contributed by atoms with E-state index < -0.39 is 0 Å². The summed E-state index contributed by atoms with van der Waals surface area (Å²) in [5, 5.41) is 26.5. The first-order chi connectivity index (χ1) is 14.2. The van der Waals surface area contributed by atoms with Crippen LogP contribution in [-0.2, 0) is 12.3 Å². The number of amidine groups is 1. The highest BCUT2D eigenvalue weighted by atomic mass is 32.2. The number of hydrogen-bond donors (Lipinski definition) is 2. The SMILES string of the molecule is [NH2+]=C(N=Nc1c(O)n(Cc2ccccc2)c2ccccc12)SCc1ccccc1. The van der Waals surface area contributed by atoms with Crippen molar-refractivity contribution in [2.45, 2.75) is 12.3 Å². The van der Waals surface area contributed by atoms with Crippen molar-refractivity contribution in [3.63, 3.8) is 0 Å². The highest BCUT2D eigenvalue weighted by molar-refractivity contribution is 8.12. The Balaban J connectivity index is 1.58. The van der Waals surface area contributed by atoms with Crippen LogP contribution in [0.1, 0.15) is 11.1 Å². The van der Waals surface area contributed by atoms with Crippen molar-refractivity contribution < 1.29 is 10.5 Å². The quantitative estimate of drug-likeness (QED) is 0.293. The van der Waals surface area contributed by atoms with Gasteiger partial charge in [-0.2, -0.15) is 0 Å². The number of aromatic hydroxyl groups is 1. The molecule has 5 nitrogen and oxygen atoms in total. The van der Waals surface area contributed by atoms with Crippen LogP contribution in [0.5, 0.6) is 5.88 Å². The lowest BCUT2D eigenvalue weighted by atomic mass is 10.2. The van der Waals surface area contributed by atoms with Crippen LogP contribution in [0.25, 0.3) is 10.9 Å². The normalized spacial score (nSPS) is 11.3. The van der Waals surface area contributed by atoms with Crippen LogP contribution in [0.15, 0.2) is 95.2 Å². The molecule has 0 aliphatic carbocycles. The minimum Gasteiger partial charge on any atom is -0.493 e. The van der Waals surface area contributed by atoms with Gasteiger partial charge in [-0.25, -0.2) is 0 Å². The third-order valence-corrected chi connectivity index (χ3v) is 5.43. The third kappa shape index (κ3) is 4.38. The zero-order chi connectivity index (χ0) is 20.1. The maximum Gasteiger partial charge on any atom is 0.377 e. The molecule has 3 N–H and O–H groups in total. The van der Waals surface area contributed by atoms with Crippen molar-refractivity contribution in [1.82, 2.24) is 4.57 Å². The average Bonchev–Trinajstić information content (AvgIpc) is 3.03. The van der Waals surface area contributed by atoms with E-state index in [1.165, 1.54) is 11.8 Å². The molecule has 1 aromatic heterocycles. The molecule has 6 heteroatoms. The van der Waals surface area contributed by atoms with Crippen molar-refractivity contribution in [3.8, 4) is 5.88 Å². The summed E-state index contributed by atoms with van der Waals surface area (Å²) in [6.45, 7) is 0.546. The molecule has 0 fully saturated rings. The highest BCUT2D eigenvalue weighted by Crippen LogP contribution is 2.39. The van der Waals surface area contributed by atoms with Crippen LogP contribution >= 0.6 is 11.8 Å². The zero-order valence-corrected chi connectivity index (χ0v) is 16.6. The summed E-state index contributed by atoms with van der Waals surface area (Å²) in [6.07, 6.45) is 0. The maximum absolute atomic E-state index is 10.8. The Labute approximate surface area is 173 Å². The van der Waals surface area contributed by atoms with Crippen LogP contribution in [0.4, 0.5) is 5.69 Å². The number of nitrogens with zero attached hydrogens (tertiary/aromatic N) is 3. The molecule has 0 radical (unpaired) electrons. The summed E-state index contributed by atoms with van der Waals surface area (Å²) < 4.78 is 1.84. The molecule has 0 saturated heterocycles. The van der Waals surface area contributed by atoms with Gasteiger partial charge in [0.05, 0.1) is 17.2 Å². The summed E-state index contributed by atoms with van der Waals surface area (Å²) in [5.74, 6) is 0.799.